The molecule has 0 aliphatic rings. The van der Waals surface area contributed by atoms with Crippen molar-refractivity contribution < 1.29 is 4.79 Å². The molecule has 0 aliphatic carbocycles. The Labute approximate surface area is 201 Å². The van der Waals surface area contributed by atoms with Crippen LogP contribution in [0.5, 0.6) is 0 Å². The molecule has 33 heavy (non-hydrogen) atoms. The molecule has 7 nitrogen and oxygen atoms in total. The minimum absolute atomic E-state index is 0.00572. The highest BCUT2D eigenvalue weighted by Crippen LogP contribution is 2.21. The molecule has 0 saturated heterocycles. The quantitative estimate of drug-likeness (QED) is 0.431. The van der Waals surface area contributed by atoms with Crippen molar-refractivity contribution in [2.24, 2.45) is 5.92 Å². The van der Waals surface area contributed by atoms with Gasteiger partial charge in [0.1, 0.15) is 0 Å². The van der Waals surface area contributed by atoms with Crippen molar-refractivity contribution in [3.8, 4) is 0 Å². The molecular weight excluding hydrogens is 432 g/mol. The van der Waals surface area contributed by atoms with E-state index in [0.29, 0.717) is 29.1 Å². The second-order valence-corrected chi connectivity index (χ2v) is 9.66. The van der Waals surface area contributed by atoms with Gasteiger partial charge in [0.15, 0.2) is 0 Å². The second kappa shape index (κ2) is 11.6. The molecule has 1 atom stereocenters. The Hall–Kier alpha value is -2.45. The first kappa shape index (κ1) is 25.2. The standard InChI is InChI=1S/C25H36N6OS/c1-7-30(8-2)15-18(4)14-26-23(32)16-33-25-28-24-27-19(5)22(20(6)31(24)29-25)13-21-11-9-17(3)10-12-21/h9-12,18H,7-8,13-16H2,1-6H3,(H,26,32). The van der Waals surface area contributed by atoms with Crippen molar-refractivity contribution in [3.05, 3.63) is 52.3 Å². The molecule has 1 unspecified atom stereocenters. The smallest absolute Gasteiger partial charge is 0.253 e. The van der Waals surface area contributed by atoms with E-state index in [2.05, 4.69) is 84.2 Å². The van der Waals surface area contributed by atoms with Gasteiger partial charge in [0.2, 0.25) is 11.1 Å². The Morgan fingerprint density at radius 1 is 1.12 bits per heavy atom. The first-order valence-electron chi connectivity index (χ1n) is 11.7. The first-order valence-corrected chi connectivity index (χ1v) is 12.7. The van der Waals surface area contributed by atoms with E-state index in [1.54, 1.807) is 4.52 Å². The lowest BCUT2D eigenvalue weighted by Gasteiger charge is -2.22. The van der Waals surface area contributed by atoms with Crippen LogP contribution in [-0.4, -0.2) is 62.3 Å². The summed E-state index contributed by atoms with van der Waals surface area (Å²) in [5.74, 6) is 1.29. The number of rotatable bonds is 11. The number of hydrogen-bond donors (Lipinski definition) is 1. The third-order valence-corrected chi connectivity index (χ3v) is 6.81. The van der Waals surface area contributed by atoms with E-state index in [0.717, 1.165) is 43.0 Å². The van der Waals surface area contributed by atoms with E-state index in [-0.39, 0.29) is 5.91 Å². The van der Waals surface area contributed by atoms with Gasteiger partial charge in [0.05, 0.1) is 5.75 Å². The van der Waals surface area contributed by atoms with Crippen LogP contribution in [0.25, 0.3) is 5.78 Å². The Kier molecular flexibility index (Phi) is 8.86. The molecule has 178 valence electrons. The molecule has 1 N–H and O–H groups in total. The number of carbonyl (C=O) groups is 1. The van der Waals surface area contributed by atoms with Gasteiger partial charge in [-0.1, -0.05) is 62.4 Å². The summed E-state index contributed by atoms with van der Waals surface area (Å²) in [6.07, 6.45) is 0.803. The molecule has 0 aliphatic heterocycles. The number of hydrogen-bond acceptors (Lipinski definition) is 6. The molecule has 0 radical (unpaired) electrons. The van der Waals surface area contributed by atoms with Gasteiger partial charge in [-0.15, -0.1) is 5.10 Å². The highest BCUT2D eigenvalue weighted by Gasteiger charge is 2.15. The fraction of sp³-hybridized carbons (Fsp3) is 0.520. The van der Waals surface area contributed by atoms with Gasteiger partial charge in [0.25, 0.3) is 5.78 Å². The molecule has 8 heteroatoms. The van der Waals surface area contributed by atoms with E-state index in [9.17, 15) is 4.79 Å². The monoisotopic (exact) mass is 468 g/mol. The molecule has 2 heterocycles. The van der Waals surface area contributed by atoms with E-state index in [1.165, 1.54) is 22.9 Å². The van der Waals surface area contributed by atoms with Gasteiger partial charge >= 0.3 is 0 Å². The van der Waals surface area contributed by atoms with Crippen molar-refractivity contribution >= 4 is 23.4 Å². The molecule has 1 aromatic carbocycles. The van der Waals surface area contributed by atoms with Crippen LogP contribution >= 0.6 is 11.8 Å². The normalized spacial score (nSPS) is 12.5. The van der Waals surface area contributed by atoms with Crippen molar-refractivity contribution in [2.45, 2.75) is 53.1 Å². The van der Waals surface area contributed by atoms with Crippen molar-refractivity contribution in [1.29, 1.82) is 0 Å². The highest BCUT2D eigenvalue weighted by atomic mass is 32.2. The fourth-order valence-corrected chi connectivity index (χ4v) is 4.52. The number of thioether (sulfide) groups is 1. The van der Waals surface area contributed by atoms with Crippen molar-refractivity contribution in [1.82, 2.24) is 29.8 Å². The predicted molar refractivity (Wildman–Crippen MR) is 135 cm³/mol. The summed E-state index contributed by atoms with van der Waals surface area (Å²) in [7, 11) is 0. The number of amides is 1. The first-order chi connectivity index (χ1) is 15.8. The zero-order valence-corrected chi connectivity index (χ0v) is 21.5. The Morgan fingerprint density at radius 2 is 1.82 bits per heavy atom. The molecule has 0 bridgehead atoms. The highest BCUT2D eigenvalue weighted by molar-refractivity contribution is 7.99. The van der Waals surface area contributed by atoms with E-state index in [4.69, 9.17) is 0 Å². The lowest BCUT2D eigenvalue weighted by atomic mass is 10.0. The molecule has 2 aromatic heterocycles. The summed E-state index contributed by atoms with van der Waals surface area (Å²) in [5.41, 5.74) is 5.65. The summed E-state index contributed by atoms with van der Waals surface area (Å²) < 4.78 is 1.79. The van der Waals surface area contributed by atoms with Crippen LogP contribution in [0.4, 0.5) is 0 Å². The molecular formula is C25H36N6OS. The summed E-state index contributed by atoms with van der Waals surface area (Å²) in [4.78, 5) is 23.9. The molecule has 3 rings (SSSR count). The number of nitrogens with zero attached hydrogens (tertiary/aromatic N) is 5. The summed E-state index contributed by atoms with van der Waals surface area (Å²) in [5, 5.41) is 8.23. The van der Waals surface area contributed by atoms with Crippen LogP contribution < -0.4 is 5.32 Å². The van der Waals surface area contributed by atoms with Crippen LogP contribution in [0.2, 0.25) is 0 Å². The molecule has 0 fully saturated rings. The zero-order valence-electron chi connectivity index (χ0n) is 20.7. The van der Waals surface area contributed by atoms with Crippen LogP contribution in [0, 0.1) is 26.7 Å². The average Bonchev–Trinajstić information content (AvgIpc) is 3.21. The number of aryl methyl sites for hydroxylation is 3. The maximum absolute atomic E-state index is 12.3. The van der Waals surface area contributed by atoms with E-state index >= 15 is 0 Å². The van der Waals surface area contributed by atoms with Crippen LogP contribution in [0.1, 0.15) is 48.8 Å². The van der Waals surface area contributed by atoms with Crippen molar-refractivity contribution in [2.75, 3.05) is 31.9 Å². The van der Waals surface area contributed by atoms with E-state index in [1.807, 2.05) is 6.92 Å². The molecule has 0 spiro atoms. The summed E-state index contributed by atoms with van der Waals surface area (Å²) >= 11 is 1.35. The lowest BCUT2D eigenvalue weighted by molar-refractivity contribution is -0.118. The second-order valence-electron chi connectivity index (χ2n) is 8.71. The van der Waals surface area contributed by atoms with Gasteiger partial charge in [-0.05, 0) is 50.9 Å². The Morgan fingerprint density at radius 3 is 2.48 bits per heavy atom. The van der Waals surface area contributed by atoms with Crippen molar-refractivity contribution in [3.63, 3.8) is 0 Å². The average molecular weight is 469 g/mol. The topological polar surface area (TPSA) is 75.4 Å². The van der Waals surface area contributed by atoms with Crippen LogP contribution in [0.3, 0.4) is 0 Å². The zero-order chi connectivity index (χ0) is 24.0. The maximum atomic E-state index is 12.3. The predicted octanol–water partition coefficient (Wildman–Crippen LogP) is 3.83. The van der Waals surface area contributed by atoms with Gasteiger partial charge < -0.3 is 10.2 Å². The van der Waals surface area contributed by atoms with Gasteiger partial charge in [-0.25, -0.2) is 9.50 Å². The van der Waals surface area contributed by atoms with Gasteiger partial charge in [0, 0.05) is 30.9 Å². The molecule has 0 saturated carbocycles. The third kappa shape index (κ3) is 6.77. The van der Waals surface area contributed by atoms with Crippen LogP contribution in [0.15, 0.2) is 29.4 Å². The molecule has 1 amide bonds. The van der Waals surface area contributed by atoms with Crippen LogP contribution in [-0.2, 0) is 11.2 Å². The maximum Gasteiger partial charge on any atom is 0.253 e. The number of nitrogens with one attached hydrogen (secondary N) is 1. The number of benzene rings is 1. The Bertz CT molecular complexity index is 1070. The summed E-state index contributed by atoms with van der Waals surface area (Å²) in [6, 6.07) is 8.57. The molecule has 3 aromatic rings. The fourth-order valence-electron chi connectivity index (χ4n) is 3.87. The lowest BCUT2D eigenvalue weighted by Crippen LogP contribution is -2.36. The summed E-state index contributed by atoms with van der Waals surface area (Å²) in [6.45, 7) is 16.4. The minimum Gasteiger partial charge on any atom is -0.355 e. The van der Waals surface area contributed by atoms with E-state index < -0.39 is 0 Å². The largest absolute Gasteiger partial charge is 0.355 e. The SMILES string of the molecule is CCN(CC)CC(C)CNC(=O)CSc1nc2nc(C)c(Cc3ccc(C)cc3)c(C)n2n1. The number of aromatic nitrogens is 4. The number of carbonyl (C=O) groups excluding carboxylic acids is 1. The van der Waals surface area contributed by atoms with Gasteiger partial charge in [-0.2, -0.15) is 4.98 Å². The number of fused-ring (bicyclic) bond motifs is 1. The third-order valence-electron chi connectivity index (χ3n) is 5.98. The minimum atomic E-state index is 0.00572. The Balaban J connectivity index is 1.61. The van der Waals surface area contributed by atoms with Gasteiger partial charge in [-0.3, -0.25) is 4.79 Å².